The van der Waals surface area contributed by atoms with Crippen molar-refractivity contribution in [3.05, 3.63) is 78.0 Å². The van der Waals surface area contributed by atoms with Crippen LogP contribution in [0.25, 0.3) is 0 Å². The second-order valence-corrected chi connectivity index (χ2v) is 5.96. The van der Waals surface area contributed by atoms with Crippen molar-refractivity contribution >= 4 is 23.5 Å². The normalized spacial score (nSPS) is 17.0. The zero-order valence-electron chi connectivity index (χ0n) is 14.1. The molecule has 1 saturated heterocycles. The van der Waals surface area contributed by atoms with Crippen molar-refractivity contribution in [2.75, 3.05) is 4.90 Å². The Morgan fingerprint density at radius 1 is 1.07 bits per heavy atom. The lowest BCUT2D eigenvalue weighted by Crippen LogP contribution is -2.83. The number of nitrogens with one attached hydrogen (secondary N) is 1. The molecule has 1 fully saturated rings. The zero-order chi connectivity index (χ0) is 19.6. The number of urea groups is 1. The molecular formula is C19H16F2N3O3+. The van der Waals surface area contributed by atoms with E-state index < -0.39 is 29.6 Å². The summed E-state index contributed by atoms with van der Waals surface area (Å²) in [5.41, 5.74) is 0.669. The minimum absolute atomic E-state index is 0.163. The molecule has 1 aliphatic rings. The van der Waals surface area contributed by atoms with E-state index in [1.54, 1.807) is 17.4 Å². The summed E-state index contributed by atoms with van der Waals surface area (Å²) in [6.07, 6.45) is 0. The van der Waals surface area contributed by atoms with Crippen LogP contribution in [0.3, 0.4) is 0 Å². The molecule has 6 nitrogen and oxygen atoms in total. The van der Waals surface area contributed by atoms with Crippen LogP contribution in [-0.2, 0) is 16.1 Å². The van der Waals surface area contributed by atoms with Gasteiger partial charge < -0.3 is 5.32 Å². The fourth-order valence-electron chi connectivity index (χ4n) is 2.75. The highest BCUT2D eigenvalue weighted by atomic mass is 19.1. The van der Waals surface area contributed by atoms with E-state index in [0.717, 1.165) is 11.6 Å². The van der Waals surface area contributed by atoms with Gasteiger partial charge in [-0.15, -0.1) is 0 Å². The third kappa shape index (κ3) is 3.75. The maximum atomic E-state index is 14.0. The molecule has 3 rings (SSSR count). The van der Waals surface area contributed by atoms with Crippen molar-refractivity contribution in [1.82, 2.24) is 5.32 Å². The van der Waals surface area contributed by atoms with Crippen molar-refractivity contribution < 1.29 is 28.5 Å². The Morgan fingerprint density at radius 2 is 1.74 bits per heavy atom. The molecule has 2 aromatic rings. The molecule has 1 aliphatic heterocycles. The summed E-state index contributed by atoms with van der Waals surface area (Å²) in [4.78, 5) is 37.6. The summed E-state index contributed by atoms with van der Waals surface area (Å²) in [6, 6.07) is 9.97. The standard InChI is InChI=1S/C19H15F2N3O3/c1-11(22-10-12-6-8-13(20)9-7-12)16-17(25)23-19(27)24(18(16)26)15-5-3-2-4-14(15)21/h2-9,16,22H,1,10H2,(H,23,25,27)/p+1. The highest BCUT2D eigenvalue weighted by Gasteiger charge is 2.45. The summed E-state index contributed by atoms with van der Waals surface area (Å²) in [7, 11) is 0. The molecule has 0 spiro atoms. The van der Waals surface area contributed by atoms with Crippen molar-refractivity contribution in [1.29, 1.82) is 0 Å². The first-order chi connectivity index (χ1) is 12.9. The number of hydrogen-bond acceptors (Lipinski definition) is 3. The molecule has 138 valence electrons. The number of rotatable bonds is 5. The van der Waals surface area contributed by atoms with Crippen LogP contribution in [0, 0.1) is 17.6 Å². The zero-order valence-corrected chi connectivity index (χ0v) is 14.1. The number of nitrogens with zero attached hydrogens (tertiary/aromatic N) is 1. The number of carbonyl (C=O) groups excluding carboxylic acids is 3. The third-order valence-corrected chi connectivity index (χ3v) is 4.14. The van der Waals surface area contributed by atoms with Gasteiger partial charge in [0.15, 0.2) is 5.92 Å². The first kappa shape index (κ1) is 18.4. The van der Waals surface area contributed by atoms with E-state index in [9.17, 15) is 23.2 Å². The van der Waals surface area contributed by atoms with Crippen LogP contribution in [0.4, 0.5) is 19.3 Å². The summed E-state index contributed by atoms with van der Waals surface area (Å²) < 4.78 is 27.0. The molecule has 1 atom stereocenters. The Hall–Kier alpha value is -3.39. The lowest BCUT2D eigenvalue weighted by molar-refractivity contribution is -0.626. The maximum absolute atomic E-state index is 14.0. The summed E-state index contributed by atoms with van der Waals surface area (Å²) in [5.74, 6) is -4.21. The SMILES string of the molecule is C=C([NH2+]Cc1ccc(F)cc1)C1C(=O)NC(=O)N(c2ccccc2F)C1=O. The van der Waals surface area contributed by atoms with Gasteiger partial charge in [-0.25, -0.2) is 18.5 Å². The predicted molar refractivity (Wildman–Crippen MR) is 92.1 cm³/mol. The van der Waals surface area contributed by atoms with E-state index in [1.807, 2.05) is 0 Å². The molecule has 0 aromatic heterocycles. The van der Waals surface area contributed by atoms with Crippen LogP contribution in [0.1, 0.15) is 5.56 Å². The van der Waals surface area contributed by atoms with Gasteiger partial charge in [-0.05, 0) is 30.8 Å². The molecule has 1 heterocycles. The summed E-state index contributed by atoms with van der Waals surface area (Å²) >= 11 is 0. The molecule has 0 saturated carbocycles. The quantitative estimate of drug-likeness (QED) is 0.779. The molecule has 0 radical (unpaired) electrons. The number of carbonyl (C=O) groups is 3. The van der Waals surface area contributed by atoms with Crippen molar-refractivity contribution in [2.24, 2.45) is 5.92 Å². The molecule has 4 amide bonds. The van der Waals surface area contributed by atoms with E-state index in [2.05, 4.69) is 11.9 Å². The van der Waals surface area contributed by atoms with Crippen LogP contribution in [-0.4, -0.2) is 17.8 Å². The lowest BCUT2D eigenvalue weighted by Gasteiger charge is -2.30. The molecule has 27 heavy (non-hydrogen) atoms. The van der Waals surface area contributed by atoms with E-state index in [1.165, 1.54) is 30.3 Å². The Morgan fingerprint density at radius 3 is 2.41 bits per heavy atom. The molecule has 0 bridgehead atoms. The second-order valence-electron chi connectivity index (χ2n) is 5.96. The number of hydrogen-bond donors (Lipinski definition) is 2. The minimum atomic E-state index is -1.36. The van der Waals surface area contributed by atoms with Gasteiger partial charge in [-0.3, -0.25) is 14.9 Å². The number of amides is 4. The van der Waals surface area contributed by atoms with Crippen molar-refractivity contribution in [3.63, 3.8) is 0 Å². The van der Waals surface area contributed by atoms with Gasteiger partial charge in [0.2, 0.25) is 0 Å². The largest absolute Gasteiger partial charge is 0.335 e. The van der Waals surface area contributed by atoms with Gasteiger partial charge in [-0.2, -0.15) is 0 Å². The fraction of sp³-hybridized carbons (Fsp3) is 0.105. The van der Waals surface area contributed by atoms with Crippen LogP contribution in [0.2, 0.25) is 0 Å². The Kier molecular flexibility index (Phi) is 5.09. The monoisotopic (exact) mass is 372 g/mol. The first-order valence-electron chi connectivity index (χ1n) is 8.08. The van der Waals surface area contributed by atoms with E-state index in [0.29, 0.717) is 11.4 Å². The molecule has 8 heteroatoms. The van der Waals surface area contributed by atoms with Gasteiger partial charge in [-0.1, -0.05) is 24.3 Å². The van der Waals surface area contributed by atoms with Crippen LogP contribution in [0.5, 0.6) is 0 Å². The van der Waals surface area contributed by atoms with E-state index in [-0.39, 0.29) is 17.2 Å². The Labute approximate surface area is 153 Å². The second kappa shape index (κ2) is 7.46. The predicted octanol–water partition coefficient (Wildman–Crippen LogP) is 1.44. The number of para-hydroxylation sites is 1. The highest BCUT2D eigenvalue weighted by Crippen LogP contribution is 2.24. The number of nitrogens with two attached hydrogens (primary N) is 1. The number of barbiturate groups is 1. The fourth-order valence-corrected chi connectivity index (χ4v) is 2.75. The third-order valence-electron chi connectivity index (χ3n) is 4.14. The highest BCUT2D eigenvalue weighted by molar-refractivity contribution is 6.28. The topological polar surface area (TPSA) is 83.1 Å². The summed E-state index contributed by atoms with van der Waals surface area (Å²) in [5, 5.41) is 3.60. The van der Waals surface area contributed by atoms with Gasteiger partial charge in [0.25, 0.3) is 11.8 Å². The number of halogens is 2. The van der Waals surface area contributed by atoms with E-state index >= 15 is 0 Å². The smallest absolute Gasteiger partial charge is 0.313 e. The Bertz CT molecular complexity index is 928. The molecular weight excluding hydrogens is 356 g/mol. The van der Waals surface area contributed by atoms with Crippen LogP contribution >= 0.6 is 0 Å². The van der Waals surface area contributed by atoms with Gasteiger partial charge in [0.1, 0.15) is 23.9 Å². The first-order valence-corrected chi connectivity index (χ1v) is 8.08. The summed E-state index contributed by atoms with van der Waals surface area (Å²) in [6.45, 7) is 4.05. The molecule has 0 aliphatic carbocycles. The van der Waals surface area contributed by atoms with Crippen LogP contribution < -0.4 is 15.5 Å². The average molecular weight is 372 g/mol. The minimum Gasteiger partial charge on any atom is -0.313 e. The van der Waals surface area contributed by atoms with E-state index in [4.69, 9.17) is 0 Å². The van der Waals surface area contributed by atoms with Gasteiger partial charge >= 0.3 is 6.03 Å². The Balaban J connectivity index is 1.79. The molecule has 3 N–H and O–H groups in total. The number of benzene rings is 2. The lowest BCUT2D eigenvalue weighted by atomic mass is 10.0. The van der Waals surface area contributed by atoms with Crippen molar-refractivity contribution in [2.45, 2.75) is 6.54 Å². The maximum Gasteiger partial charge on any atom is 0.335 e. The van der Waals surface area contributed by atoms with Crippen molar-refractivity contribution in [3.8, 4) is 0 Å². The molecule has 1 unspecified atom stereocenters. The number of quaternary nitrogens is 1. The number of anilines is 1. The number of imide groups is 2. The average Bonchev–Trinajstić information content (AvgIpc) is 2.62. The van der Waals surface area contributed by atoms with Gasteiger partial charge in [0.05, 0.1) is 5.69 Å². The molecule has 2 aromatic carbocycles. The van der Waals surface area contributed by atoms with Gasteiger partial charge in [0, 0.05) is 5.56 Å². The van der Waals surface area contributed by atoms with Crippen LogP contribution in [0.15, 0.2) is 60.8 Å².